The third-order valence-corrected chi connectivity index (χ3v) is 7.80. The van der Waals surface area contributed by atoms with Gasteiger partial charge in [0.1, 0.15) is 0 Å². The molecule has 0 nitrogen and oxygen atoms in total. The van der Waals surface area contributed by atoms with Crippen molar-refractivity contribution in [3.05, 3.63) is 0 Å². The Balaban J connectivity index is 1.69. The minimum atomic E-state index is 0.875. The predicted molar refractivity (Wildman–Crippen MR) is 75.2 cm³/mol. The molecule has 17 heavy (non-hydrogen) atoms. The Morgan fingerprint density at radius 1 is 0.647 bits per heavy atom. The van der Waals surface area contributed by atoms with Gasteiger partial charge in [0.25, 0.3) is 0 Å². The molecule has 1 heteroatoms. The highest BCUT2D eigenvalue weighted by Crippen LogP contribution is 2.61. The lowest BCUT2D eigenvalue weighted by atomic mass is 9.56. The molecule has 96 valence electrons. The van der Waals surface area contributed by atoms with Gasteiger partial charge in [-0.15, -0.1) is 0 Å². The molecular formula is C16H25Br. The van der Waals surface area contributed by atoms with Crippen LogP contribution in [0.1, 0.15) is 57.8 Å². The molecule has 0 aliphatic heterocycles. The SMILES string of the molecule is BrC1CC2CCC3CCCCC4CCC1C2C34. The van der Waals surface area contributed by atoms with Gasteiger partial charge in [-0.25, -0.2) is 0 Å². The van der Waals surface area contributed by atoms with E-state index >= 15 is 0 Å². The first-order valence-electron chi connectivity index (χ1n) is 7.98. The van der Waals surface area contributed by atoms with Gasteiger partial charge in [0, 0.05) is 4.83 Å². The highest BCUT2D eigenvalue weighted by atomic mass is 79.9. The zero-order valence-electron chi connectivity index (χ0n) is 10.8. The van der Waals surface area contributed by atoms with Gasteiger partial charge in [-0.1, -0.05) is 41.6 Å². The van der Waals surface area contributed by atoms with Crippen molar-refractivity contribution in [1.29, 1.82) is 0 Å². The molecule has 0 saturated heterocycles. The largest absolute Gasteiger partial charge is 0.0887 e. The molecule has 0 N–H and O–H groups in total. The van der Waals surface area contributed by atoms with E-state index in [1.165, 1.54) is 19.3 Å². The van der Waals surface area contributed by atoms with E-state index in [-0.39, 0.29) is 0 Å². The zero-order valence-corrected chi connectivity index (χ0v) is 12.4. The van der Waals surface area contributed by atoms with Crippen molar-refractivity contribution in [2.75, 3.05) is 0 Å². The van der Waals surface area contributed by atoms with Crippen LogP contribution >= 0.6 is 15.9 Å². The van der Waals surface area contributed by atoms with Gasteiger partial charge in [0.2, 0.25) is 0 Å². The van der Waals surface area contributed by atoms with E-state index < -0.39 is 0 Å². The highest BCUT2D eigenvalue weighted by Gasteiger charge is 2.54. The molecule has 0 aromatic carbocycles. The molecule has 0 heterocycles. The summed E-state index contributed by atoms with van der Waals surface area (Å²) in [6.07, 6.45) is 14.0. The maximum atomic E-state index is 4.02. The maximum Gasteiger partial charge on any atom is 0.0179 e. The van der Waals surface area contributed by atoms with Crippen LogP contribution < -0.4 is 0 Å². The molecule has 0 spiro atoms. The first kappa shape index (κ1) is 11.3. The monoisotopic (exact) mass is 296 g/mol. The van der Waals surface area contributed by atoms with Crippen LogP contribution in [0.4, 0.5) is 0 Å². The van der Waals surface area contributed by atoms with E-state index in [9.17, 15) is 0 Å². The third kappa shape index (κ3) is 1.67. The van der Waals surface area contributed by atoms with Crippen molar-refractivity contribution in [1.82, 2.24) is 0 Å². The normalized spacial score (nSPS) is 57.4. The lowest BCUT2D eigenvalue weighted by molar-refractivity contribution is 0.00144. The number of rotatable bonds is 0. The van der Waals surface area contributed by atoms with Gasteiger partial charge in [0.05, 0.1) is 0 Å². The number of hydrogen-bond acceptors (Lipinski definition) is 0. The van der Waals surface area contributed by atoms with E-state index in [2.05, 4.69) is 15.9 Å². The summed E-state index contributed by atoms with van der Waals surface area (Å²) in [5.41, 5.74) is 0. The van der Waals surface area contributed by atoms with Crippen LogP contribution in [-0.4, -0.2) is 4.83 Å². The lowest BCUT2D eigenvalue weighted by Crippen LogP contribution is -2.42. The van der Waals surface area contributed by atoms with Crippen LogP contribution in [0.15, 0.2) is 0 Å². The average Bonchev–Trinajstić information content (AvgIpc) is 2.55. The molecule has 0 aromatic heterocycles. The molecule has 7 unspecified atom stereocenters. The van der Waals surface area contributed by atoms with Gasteiger partial charge in [0.15, 0.2) is 0 Å². The molecule has 0 amide bonds. The fourth-order valence-electron chi connectivity index (χ4n) is 6.21. The summed E-state index contributed by atoms with van der Waals surface area (Å²) >= 11 is 4.02. The Hall–Kier alpha value is 0.480. The second-order valence-electron chi connectivity index (χ2n) is 7.29. The summed E-state index contributed by atoms with van der Waals surface area (Å²) in [5, 5.41) is 0. The Labute approximate surface area is 114 Å². The topological polar surface area (TPSA) is 0 Å². The van der Waals surface area contributed by atoms with Gasteiger partial charge in [-0.05, 0) is 67.6 Å². The van der Waals surface area contributed by atoms with Crippen LogP contribution in [0.5, 0.6) is 0 Å². The molecule has 0 radical (unpaired) electrons. The van der Waals surface area contributed by atoms with E-state index in [1.54, 1.807) is 38.5 Å². The van der Waals surface area contributed by atoms with Crippen molar-refractivity contribution in [3.63, 3.8) is 0 Å². The smallest absolute Gasteiger partial charge is 0.0179 e. The maximum absolute atomic E-state index is 4.02. The van der Waals surface area contributed by atoms with E-state index in [1.807, 2.05) is 0 Å². The quantitative estimate of drug-likeness (QED) is 0.551. The molecule has 4 fully saturated rings. The highest BCUT2D eigenvalue weighted by molar-refractivity contribution is 9.09. The standard InChI is InChI=1S/C16H25Br/c17-14-9-12-6-5-10-3-1-2-4-11-7-8-13(14)16(12)15(10)11/h10-16H,1-9H2. The Kier molecular flexibility index (Phi) is 2.83. The van der Waals surface area contributed by atoms with Crippen molar-refractivity contribution < 1.29 is 0 Å². The van der Waals surface area contributed by atoms with Crippen molar-refractivity contribution in [2.45, 2.75) is 62.6 Å². The number of halogens is 1. The minimum Gasteiger partial charge on any atom is -0.0887 e. The molecule has 0 bridgehead atoms. The van der Waals surface area contributed by atoms with E-state index in [4.69, 9.17) is 0 Å². The van der Waals surface area contributed by atoms with E-state index in [0.29, 0.717) is 0 Å². The Bertz CT molecular complexity index is 292. The first-order valence-corrected chi connectivity index (χ1v) is 8.90. The number of hydrogen-bond donors (Lipinski definition) is 0. The molecule has 4 saturated carbocycles. The molecule has 4 aliphatic carbocycles. The van der Waals surface area contributed by atoms with Gasteiger partial charge < -0.3 is 0 Å². The Morgan fingerprint density at radius 2 is 1.29 bits per heavy atom. The number of alkyl halides is 1. The summed E-state index contributed by atoms with van der Waals surface area (Å²) in [5.74, 6) is 6.70. The average molecular weight is 297 g/mol. The summed E-state index contributed by atoms with van der Waals surface area (Å²) in [4.78, 5) is 0.875. The molecular weight excluding hydrogens is 272 g/mol. The van der Waals surface area contributed by atoms with Crippen molar-refractivity contribution in [3.8, 4) is 0 Å². The van der Waals surface area contributed by atoms with Gasteiger partial charge in [-0.3, -0.25) is 0 Å². The second kappa shape index (κ2) is 4.25. The minimum absolute atomic E-state index is 0.875. The van der Waals surface area contributed by atoms with Crippen LogP contribution in [0.2, 0.25) is 0 Å². The predicted octanol–water partition coefficient (Wildman–Crippen LogP) is 5.01. The van der Waals surface area contributed by atoms with Crippen LogP contribution in [-0.2, 0) is 0 Å². The van der Waals surface area contributed by atoms with Gasteiger partial charge in [-0.2, -0.15) is 0 Å². The fraction of sp³-hybridized carbons (Fsp3) is 1.00. The fourth-order valence-corrected chi connectivity index (χ4v) is 7.31. The van der Waals surface area contributed by atoms with Crippen molar-refractivity contribution >= 4 is 15.9 Å². The first-order chi connectivity index (χ1) is 8.34. The second-order valence-corrected chi connectivity index (χ2v) is 8.47. The molecule has 4 aliphatic rings. The Morgan fingerprint density at radius 3 is 2.06 bits per heavy atom. The van der Waals surface area contributed by atoms with Crippen LogP contribution in [0.25, 0.3) is 0 Å². The van der Waals surface area contributed by atoms with Crippen LogP contribution in [0.3, 0.4) is 0 Å². The van der Waals surface area contributed by atoms with Gasteiger partial charge >= 0.3 is 0 Å². The third-order valence-electron chi connectivity index (χ3n) is 6.74. The zero-order chi connectivity index (χ0) is 11.4. The molecule has 7 atom stereocenters. The molecule has 4 rings (SSSR count). The van der Waals surface area contributed by atoms with Crippen molar-refractivity contribution in [2.24, 2.45) is 35.5 Å². The summed E-state index contributed by atoms with van der Waals surface area (Å²) in [6, 6.07) is 0. The van der Waals surface area contributed by atoms with E-state index in [0.717, 1.165) is 40.3 Å². The lowest BCUT2D eigenvalue weighted by Gasteiger charge is -2.49. The molecule has 0 aromatic rings. The summed E-state index contributed by atoms with van der Waals surface area (Å²) in [7, 11) is 0. The van der Waals surface area contributed by atoms with Crippen LogP contribution in [0, 0.1) is 35.5 Å². The summed E-state index contributed by atoms with van der Waals surface area (Å²) in [6.45, 7) is 0. The summed E-state index contributed by atoms with van der Waals surface area (Å²) < 4.78 is 0.